The number of rotatable bonds is 4. The van der Waals surface area contributed by atoms with Gasteiger partial charge in [0.25, 0.3) is 0 Å². The molecule has 3 heterocycles. The molecule has 2 aromatic rings. The highest BCUT2D eigenvalue weighted by Crippen LogP contribution is 2.46. The SMILES string of the molecule is O=C1N[C@@H](CCC(=O)N2CCC([C@H]3c4ncc(Br)cc4CCc4cc(Cl)cc(Br)c43)CC2)CO1. The van der Waals surface area contributed by atoms with Crippen LogP contribution in [0.15, 0.2) is 33.3 Å². The highest BCUT2D eigenvalue weighted by Gasteiger charge is 2.36. The topological polar surface area (TPSA) is 71.5 Å². The molecule has 2 fully saturated rings. The van der Waals surface area contributed by atoms with Gasteiger partial charge < -0.3 is 15.0 Å². The number of alkyl carbamates (subject to hydrolysis) is 1. The molecule has 180 valence electrons. The molecular formula is C25H26Br2ClN3O3. The molecule has 2 amide bonds. The Kier molecular flexibility index (Phi) is 7.19. The second-order valence-electron chi connectivity index (χ2n) is 9.33. The van der Waals surface area contributed by atoms with Gasteiger partial charge in [-0.3, -0.25) is 9.78 Å². The number of hydrogen-bond acceptors (Lipinski definition) is 4. The van der Waals surface area contributed by atoms with Crippen LogP contribution in [0.3, 0.4) is 0 Å². The number of halogens is 3. The number of aryl methyl sites for hydroxylation is 2. The molecule has 9 heteroatoms. The lowest BCUT2D eigenvalue weighted by molar-refractivity contribution is -0.132. The van der Waals surface area contributed by atoms with Crippen LogP contribution in [0.25, 0.3) is 0 Å². The molecule has 34 heavy (non-hydrogen) atoms. The molecule has 0 radical (unpaired) electrons. The van der Waals surface area contributed by atoms with Gasteiger partial charge in [-0.15, -0.1) is 0 Å². The number of nitrogens with one attached hydrogen (secondary N) is 1. The minimum atomic E-state index is -0.393. The van der Waals surface area contributed by atoms with Crippen LogP contribution in [0.2, 0.25) is 5.02 Å². The van der Waals surface area contributed by atoms with E-state index in [0.29, 0.717) is 25.4 Å². The van der Waals surface area contributed by atoms with Gasteiger partial charge in [-0.25, -0.2) is 4.79 Å². The molecule has 5 rings (SSSR count). The average Bonchev–Trinajstić information content (AvgIpc) is 3.16. The van der Waals surface area contributed by atoms with E-state index in [0.717, 1.165) is 58.4 Å². The summed E-state index contributed by atoms with van der Waals surface area (Å²) in [4.78, 5) is 30.9. The van der Waals surface area contributed by atoms with Gasteiger partial charge in [0.15, 0.2) is 0 Å². The molecule has 0 spiro atoms. The molecule has 1 aliphatic carbocycles. The van der Waals surface area contributed by atoms with Gasteiger partial charge in [0.1, 0.15) is 6.61 Å². The van der Waals surface area contributed by atoms with Crippen LogP contribution >= 0.6 is 43.5 Å². The van der Waals surface area contributed by atoms with E-state index in [1.807, 2.05) is 17.2 Å². The number of aromatic nitrogens is 1. The maximum Gasteiger partial charge on any atom is 0.407 e. The molecule has 0 unspecified atom stereocenters. The fraction of sp³-hybridized carbons (Fsp3) is 0.480. The smallest absolute Gasteiger partial charge is 0.407 e. The highest BCUT2D eigenvalue weighted by atomic mass is 79.9. The Morgan fingerprint density at radius 1 is 1.18 bits per heavy atom. The summed E-state index contributed by atoms with van der Waals surface area (Å²) >= 11 is 13.8. The number of hydrogen-bond donors (Lipinski definition) is 1. The molecule has 2 aliphatic heterocycles. The van der Waals surface area contributed by atoms with E-state index >= 15 is 0 Å². The summed E-state index contributed by atoms with van der Waals surface area (Å²) in [6.45, 7) is 1.82. The zero-order valence-corrected chi connectivity index (χ0v) is 22.6. The fourth-order valence-corrected chi connectivity index (χ4v) is 7.05. The van der Waals surface area contributed by atoms with E-state index in [4.69, 9.17) is 21.3 Å². The zero-order valence-electron chi connectivity index (χ0n) is 18.7. The molecular weight excluding hydrogens is 586 g/mol. The van der Waals surface area contributed by atoms with Crippen molar-refractivity contribution in [2.75, 3.05) is 19.7 Å². The predicted octanol–water partition coefficient (Wildman–Crippen LogP) is 5.62. The quantitative estimate of drug-likeness (QED) is 0.488. The number of likely N-dealkylation sites (tertiary alicyclic amines) is 1. The highest BCUT2D eigenvalue weighted by molar-refractivity contribution is 9.10. The van der Waals surface area contributed by atoms with Gasteiger partial charge in [0.2, 0.25) is 5.91 Å². The minimum absolute atomic E-state index is 0.0671. The summed E-state index contributed by atoms with van der Waals surface area (Å²) in [7, 11) is 0. The van der Waals surface area contributed by atoms with Crippen LogP contribution in [-0.2, 0) is 22.4 Å². The van der Waals surface area contributed by atoms with Gasteiger partial charge in [-0.2, -0.15) is 0 Å². The Morgan fingerprint density at radius 3 is 2.68 bits per heavy atom. The lowest BCUT2D eigenvalue weighted by Gasteiger charge is -2.37. The molecule has 2 saturated heterocycles. The first kappa shape index (κ1) is 24.1. The van der Waals surface area contributed by atoms with Crippen LogP contribution in [-0.4, -0.2) is 47.6 Å². The first-order chi connectivity index (χ1) is 16.4. The maximum absolute atomic E-state index is 12.8. The normalized spacial score (nSPS) is 22.4. The number of pyridine rings is 1. The number of piperidine rings is 1. The van der Waals surface area contributed by atoms with E-state index in [1.165, 1.54) is 16.7 Å². The Hall–Kier alpha value is -1.64. The summed E-state index contributed by atoms with van der Waals surface area (Å²) in [5.41, 5.74) is 4.99. The van der Waals surface area contributed by atoms with Crippen molar-refractivity contribution in [2.24, 2.45) is 5.92 Å². The number of nitrogens with zero attached hydrogens (tertiary/aromatic N) is 2. The third-order valence-electron chi connectivity index (χ3n) is 7.23. The first-order valence-corrected chi connectivity index (χ1v) is 13.7. The standard InChI is InChI=1S/C25H26Br2ClN3O3/c26-17-9-16-2-1-15-10-18(28)11-20(27)22(15)23(24(16)29-12-17)14-5-7-31(8-6-14)21(32)4-3-19-13-34-25(33)30-19/h9-12,14,19,23H,1-8,13H2,(H,30,33)/t19-,23+/m0/s1. The average molecular weight is 612 g/mol. The number of carbonyl (C=O) groups is 2. The molecule has 3 aliphatic rings. The van der Waals surface area contributed by atoms with Crippen molar-refractivity contribution in [3.63, 3.8) is 0 Å². The van der Waals surface area contributed by atoms with Crippen molar-refractivity contribution in [2.45, 2.75) is 50.5 Å². The van der Waals surface area contributed by atoms with E-state index in [1.54, 1.807) is 0 Å². The van der Waals surface area contributed by atoms with E-state index < -0.39 is 6.09 Å². The Labute approximate surface area is 221 Å². The number of fused-ring (bicyclic) bond motifs is 2. The summed E-state index contributed by atoms with van der Waals surface area (Å²) in [6.07, 6.45) is 6.23. The Bertz CT molecular complexity index is 1120. The van der Waals surface area contributed by atoms with Crippen LogP contribution in [0, 0.1) is 5.92 Å². The molecule has 2 atom stereocenters. The van der Waals surface area contributed by atoms with Crippen molar-refractivity contribution >= 4 is 55.5 Å². The van der Waals surface area contributed by atoms with Gasteiger partial charge in [-0.05, 0) is 88.8 Å². The first-order valence-electron chi connectivity index (χ1n) is 11.7. The largest absolute Gasteiger partial charge is 0.447 e. The summed E-state index contributed by atoms with van der Waals surface area (Å²) < 4.78 is 6.96. The number of carbonyl (C=O) groups excluding carboxylic acids is 2. The minimum Gasteiger partial charge on any atom is -0.447 e. The molecule has 0 bridgehead atoms. The van der Waals surface area contributed by atoms with Crippen molar-refractivity contribution in [1.82, 2.24) is 15.2 Å². The Morgan fingerprint density at radius 2 is 1.94 bits per heavy atom. The molecule has 0 saturated carbocycles. The number of ether oxygens (including phenoxy) is 1. The van der Waals surface area contributed by atoms with E-state index in [-0.39, 0.29) is 17.9 Å². The Balaban J connectivity index is 1.34. The van der Waals surface area contributed by atoms with Crippen molar-refractivity contribution in [1.29, 1.82) is 0 Å². The van der Waals surface area contributed by atoms with Gasteiger partial charge >= 0.3 is 6.09 Å². The van der Waals surface area contributed by atoms with Crippen LogP contribution < -0.4 is 5.32 Å². The zero-order chi connectivity index (χ0) is 23.8. The van der Waals surface area contributed by atoms with E-state index in [9.17, 15) is 9.59 Å². The fourth-order valence-electron chi connectivity index (χ4n) is 5.55. The van der Waals surface area contributed by atoms with Crippen LogP contribution in [0.4, 0.5) is 4.79 Å². The van der Waals surface area contributed by atoms with Crippen molar-refractivity contribution in [3.05, 3.63) is 60.7 Å². The second-order valence-corrected chi connectivity index (χ2v) is 11.5. The summed E-state index contributed by atoms with van der Waals surface area (Å²) in [6, 6.07) is 6.21. The van der Waals surface area contributed by atoms with Crippen molar-refractivity contribution in [3.8, 4) is 0 Å². The molecule has 1 N–H and O–H groups in total. The third-order valence-corrected chi connectivity index (χ3v) is 8.53. The second kappa shape index (κ2) is 10.2. The number of amides is 2. The number of benzene rings is 1. The van der Waals surface area contributed by atoms with E-state index in [2.05, 4.69) is 49.3 Å². The van der Waals surface area contributed by atoms with Gasteiger partial charge in [0, 0.05) is 45.6 Å². The van der Waals surface area contributed by atoms with Crippen molar-refractivity contribution < 1.29 is 14.3 Å². The third kappa shape index (κ3) is 5.00. The number of cyclic esters (lactones) is 1. The van der Waals surface area contributed by atoms with Gasteiger partial charge in [-0.1, -0.05) is 27.5 Å². The summed E-state index contributed by atoms with van der Waals surface area (Å²) in [5.74, 6) is 0.694. The van der Waals surface area contributed by atoms with Gasteiger partial charge in [0.05, 0.1) is 11.7 Å². The van der Waals surface area contributed by atoms with Crippen LogP contribution in [0.1, 0.15) is 54.0 Å². The maximum atomic E-state index is 12.8. The molecule has 6 nitrogen and oxygen atoms in total. The monoisotopic (exact) mass is 609 g/mol. The predicted molar refractivity (Wildman–Crippen MR) is 137 cm³/mol. The lowest BCUT2D eigenvalue weighted by Crippen LogP contribution is -2.40. The summed E-state index contributed by atoms with van der Waals surface area (Å²) in [5, 5.41) is 3.49. The lowest BCUT2D eigenvalue weighted by atomic mass is 9.76. The van der Waals surface area contributed by atoms with Crippen LogP contribution in [0.5, 0.6) is 0 Å². The molecule has 1 aromatic carbocycles. The molecule has 1 aromatic heterocycles.